The first kappa shape index (κ1) is 10.2. The molecule has 15 heavy (non-hydrogen) atoms. The highest BCUT2D eigenvalue weighted by Gasteiger charge is 2.01. The number of pyridine rings is 1. The molecule has 1 aromatic carbocycles. The Morgan fingerprint density at radius 2 is 2.20 bits per heavy atom. The first-order valence-corrected chi connectivity index (χ1v) is 5.36. The maximum atomic E-state index is 5.96. The Hall–Kier alpha value is -1.28. The van der Waals surface area contributed by atoms with Crippen molar-refractivity contribution in [1.82, 2.24) is 4.98 Å². The third-order valence-electron chi connectivity index (χ3n) is 2.16. The quantitative estimate of drug-likeness (QED) is 0.738. The zero-order chi connectivity index (χ0) is 10.7. The Morgan fingerprint density at radius 1 is 1.33 bits per heavy atom. The van der Waals surface area contributed by atoms with Gasteiger partial charge < -0.3 is 4.74 Å². The summed E-state index contributed by atoms with van der Waals surface area (Å²) < 4.78 is 5.54. The number of nitrogens with zero attached hydrogens (tertiary/aromatic N) is 1. The molecule has 2 nitrogen and oxygen atoms in total. The topological polar surface area (TPSA) is 22.1 Å². The molecular formula is C12H12ClNO. The van der Waals surface area contributed by atoms with Crippen molar-refractivity contribution >= 4 is 22.4 Å². The lowest BCUT2D eigenvalue weighted by atomic mass is 10.2. The van der Waals surface area contributed by atoms with Crippen LogP contribution in [-0.4, -0.2) is 11.6 Å². The molecule has 0 unspecified atom stereocenters. The van der Waals surface area contributed by atoms with Crippen LogP contribution < -0.4 is 4.74 Å². The number of ether oxygens (including phenoxy) is 1. The van der Waals surface area contributed by atoms with Gasteiger partial charge in [-0.2, -0.15) is 0 Å². The number of fused-ring (bicyclic) bond motifs is 1. The summed E-state index contributed by atoms with van der Waals surface area (Å²) in [6, 6.07) is 7.78. The second-order valence-corrected chi connectivity index (χ2v) is 3.69. The van der Waals surface area contributed by atoms with E-state index in [-0.39, 0.29) is 0 Å². The lowest BCUT2D eigenvalue weighted by Gasteiger charge is -2.06. The predicted molar refractivity (Wildman–Crippen MR) is 62.5 cm³/mol. The van der Waals surface area contributed by atoms with Crippen molar-refractivity contribution in [1.29, 1.82) is 0 Å². The van der Waals surface area contributed by atoms with Gasteiger partial charge in [-0.25, -0.2) is 4.98 Å². The van der Waals surface area contributed by atoms with Crippen molar-refractivity contribution in [2.24, 2.45) is 0 Å². The van der Waals surface area contributed by atoms with E-state index in [0.29, 0.717) is 5.15 Å². The SMILES string of the molecule is CCCOc1ccc2c(Cl)nccc2c1. The minimum absolute atomic E-state index is 0.537. The number of hydrogen-bond donors (Lipinski definition) is 0. The molecule has 0 aliphatic heterocycles. The lowest BCUT2D eigenvalue weighted by Crippen LogP contribution is -1.94. The van der Waals surface area contributed by atoms with Crippen LogP contribution in [0.1, 0.15) is 13.3 Å². The van der Waals surface area contributed by atoms with Crippen LogP contribution in [0.4, 0.5) is 0 Å². The van der Waals surface area contributed by atoms with Gasteiger partial charge >= 0.3 is 0 Å². The number of rotatable bonds is 3. The highest BCUT2D eigenvalue weighted by Crippen LogP contribution is 2.25. The minimum Gasteiger partial charge on any atom is -0.494 e. The molecule has 0 bridgehead atoms. The standard InChI is InChI=1S/C12H12ClNO/c1-2-7-15-10-3-4-11-9(8-10)5-6-14-12(11)13/h3-6,8H,2,7H2,1H3. The van der Waals surface area contributed by atoms with E-state index in [1.165, 1.54) is 0 Å². The molecule has 78 valence electrons. The van der Waals surface area contributed by atoms with Crippen LogP contribution >= 0.6 is 11.6 Å². The summed E-state index contributed by atoms with van der Waals surface area (Å²) in [7, 11) is 0. The van der Waals surface area contributed by atoms with Crippen molar-refractivity contribution in [3.8, 4) is 5.75 Å². The van der Waals surface area contributed by atoms with E-state index >= 15 is 0 Å². The molecule has 1 heterocycles. The van der Waals surface area contributed by atoms with Gasteiger partial charge in [-0.05, 0) is 36.1 Å². The van der Waals surface area contributed by atoms with Gasteiger partial charge in [-0.15, -0.1) is 0 Å². The fraction of sp³-hybridized carbons (Fsp3) is 0.250. The van der Waals surface area contributed by atoms with Crippen LogP contribution in [0, 0.1) is 0 Å². The molecule has 0 radical (unpaired) electrons. The first-order valence-electron chi connectivity index (χ1n) is 4.98. The number of benzene rings is 1. The number of hydrogen-bond acceptors (Lipinski definition) is 2. The Labute approximate surface area is 93.8 Å². The monoisotopic (exact) mass is 221 g/mol. The van der Waals surface area contributed by atoms with Crippen molar-refractivity contribution in [2.75, 3.05) is 6.61 Å². The molecule has 1 aromatic heterocycles. The van der Waals surface area contributed by atoms with Crippen LogP contribution in [0.25, 0.3) is 10.8 Å². The first-order chi connectivity index (χ1) is 7.31. The molecule has 0 fully saturated rings. The molecule has 0 amide bonds. The largest absolute Gasteiger partial charge is 0.494 e. The maximum absolute atomic E-state index is 5.96. The zero-order valence-electron chi connectivity index (χ0n) is 8.53. The molecule has 0 atom stereocenters. The zero-order valence-corrected chi connectivity index (χ0v) is 9.29. The number of aromatic nitrogens is 1. The summed E-state index contributed by atoms with van der Waals surface area (Å²) in [4.78, 5) is 4.02. The predicted octanol–water partition coefficient (Wildman–Crippen LogP) is 3.68. The van der Waals surface area contributed by atoms with Gasteiger partial charge in [0.15, 0.2) is 0 Å². The number of halogens is 1. The van der Waals surface area contributed by atoms with Crippen LogP contribution in [0.3, 0.4) is 0 Å². The fourth-order valence-corrected chi connectivity index (χ4v) is 1.66. The molecule has 3 heteroatoms. The van der Waals surface area contributed by atoms with E-state index in [1.54, 1.807) is 6.20 Å². The Bertz CT molecular complexity index is 470. The smallest absolute Gasteiger partial charge is 0.136 e. The average Bonchev–Trinajstić information content (AvgIpc) is 2.26. The van der Waals surface area contributed by atoms with Gasteiger partial charge in [0.25, 0.3) is 0 Å². The van der Waals surface area contributed by atoms with Gasteiger partial charge in [-0.1, -0.05) is 18.5 Å². The van der Waals surface area contributed by atoms with Gasteiger partial charge in [0.2, 0.25) is 0 Å². The molecule has 0 aliphatic carbocycles. The highest BCUT2D eigenvalue weighted by molar-refractivity contribution is 6.34. The summed E-state index contributed by atoms with van der Waals surface area (Å²) in [6.07, 6.45) is 2.71. The Kier molecular flexibility index (Phi) is 3.07. The van der Waals surface area contributed by atoms with E-state index in [9.17, 15) is 0 Å². The minimum atomic E-state index is 0.537. The van der Waals surface area contributed by atoms with Crippen molar-refractivity contribution < 1.29 is 4.74 Å². The van der Waals surface area contributed by atoms with Gasteiger partial charge in [0.1, 0.15) is 10.9 Å². The molecule has 0 spiro atoms. The highest BCUT2D eigenvalue weighted by atomic mass is 35.5. The summed E-state index contributed by atoms with van der Waals surface area (Å²) in [5.74, 6) is 0.881. The molecule has 0 N–H and O–H groups in total. The molecule has 2 aromatic rings. The molecule has 0 saturated carbocycles. The molecular weight excluding hydrogens is 210 g/mol. The van der Waals surface area contributed by atoms with E-state index < -0.39 is 0 Å². The third-order valence-corrected chi connectivity index (χ3v) is 2.46. The van der Waals surface area contributed by atoms with E-state index in [4.69, 9.17) is 16.3 Å². The second kappa shape index (κ2) is 4.49. The van der Waals surface area contributed by atoms with Gasteiger partial charge in [-0.3, -0.25) is 0 Å². The normalized spacial score (nSPS) is 10.5. The van der Waals surface area contributed by atoms with Crippen molar-refractivity contribution in [3.63, 3.8) is 0 Å². The van der Waals surface area contributed by atoms with Crippen molar-refractivity contribution in [3.05, 3.63) is 35.6 Å². The summed E-state index contributed by atoms with van der Waals surface area (Å²) in [6.45, 7) is 2.83. The van der Waals surface area contributed by atoms with E-state index in [0.717, 1.165) is 29.5 Å². The fourth-order valence-electron chi connectivity index (χ4n) is 1.43. The summed E-state index contributed by atoms with van der Waals surface area (Å²) >= 11 is 5.96. The second-order valence-electron chi connectivity index (χ2n) is 3.33. The summed E-state index contributed by atoms with van der Waals surface area (Å²) in [5, 5.41) is 2.56. The van der Waals surface area contributed by atoms with E-state index in [2.05, 4.69) is 11.9 Å². The summed E-state index contributed by atoms with van der Waals surface area (Å²) in [5.41, 5.74) is 0. The van der Waals surface area contributed by atoms with Crippen LogP contribution in [-0.2, 0) is 0 Å². The van der Waals surface area contributed by atoms with Crippen LogP contribution in [0.5, 0.6) is 5.75 Å². The average molecular weight is 222 g/mol. The molecule has 0 saturated heterocycles. The molecule has 2 rings (SSSR count). The Morgan fingerprint density at radius 3 is 3.00 bits per heavy atom. The maximum Gasteiger partial charge on any atom is 0.136 e. The van der Waals surface area contributed by atoms with Crippen LogP contribution in [0.15, 0.2) is 30.5 Å². The van der Waals surface area contributed by atoms with Crippen molar-refractivity contribution in [2.45, 2.75) is 13.3 Å². The molecule has 0 aliphatic rings. The third kappa shape index (κ3) is 2.21. The Balaban J connectivity index is 2.39. The van der Waals surface area contributed by atoms with Gasteiger partial charge in [0, 0.05) is 11.6 Å². The lowest BCUT2D eigenvalue weighted by molar-refractivity contribution is 0.318. The van der Waals surface area contributed by atoms with Gasteiger partial charge in [0.05, 0.1) is 6.61 Å². The van der Waals surface area contributed by atoms with E-state index in [1.807, 2.05) is 24.3 Å². The van der Waals surface area contributed by atoms with Crippen LogP contribution in [0.2, 0.25) is 5.15 Å².